The van der Waals surface area contributed by atoms with E-state index < -0.39 is 0 Å². The fourth-order valence-electron chi connectivity index (χ4n) is 3.73. The first kappa shape index (κ1) is 16.6. The average molecular weight is 357 g/mol. The highest BCUT2D eigenvalue weighted by molar-refractivity contribution is 5.81. The van der Waals surface area contributed by atoms with Crippen LogP contribution >= 0.6 is 0 Å². The van der Waals surface area contributed by atoms with Gasteiger partial charge in [0.1, 0.15) is 11.3 Å². The van der Waals surface area contributed by atoms with Crippen LogP contribution < -0.4 is 5.32 Å². The van der Waals surface area contributed by atoms with Crippen LogP contribution in [0.1, 0.15) is 29.4 Å². The van der Waals surface area contributed by atoms with Gasteiger partial charge in [-0.1, -0.05) is 0 Å². The van der Waals surface area contributed by atoms with E-state index in [0.29, 0.717) is 17.5 Å². The predicted molar refractivity (Wildman–Crippen MR) is 94.2 cm³/mol. The van der Waals surface area contributed by atoms with Crippen LogP contribution in [0.15, 0.2) is 22.6 Å². The fourth-order valence-corrected chi connectivity index (χ4v) is 3.73. The zero-order valence-electron chi connectivity index (χ0n) is 15.1. The molecule has 0 aliphatic carbocycles. The number of fused-ring (bicyclic) bond motifs is 1. The van der Waals surface area contributed by atoms with E-state index in [9.17, 15) is 9.18 Å². The Morgan fingerprint density at radius 1 is 1.31 bits per heavy atom. The summed E-state index contributed by atoms with van der Waals surface area (Å²) in [4.78, 5) is 18.4. The van der Waals surface area contributed by atoms with Crippen molar-refractivity contribution in [1.82, 2.24) is 19.7 Å². The van der Waals surface area contributed by atoms with Crippen LogP contribution in [0.5, 0.6) is 0 Å². The second-order valence-electron chi connectivity index (χ2n) is 6.74. The van der Waals surface area contributed by atoms with Gasteiger partial charge in [-0.15, -0.1) is 0 Å². The number of amides is 1. The van der Waals surface area contributed by atoms with Crippen molar-refractivity contribution in [2.45, 2.75) is 32.4 Å². The Balaban J connectivity index is 1.70. The summed E-state index contributed by atoms with van der Waals surface area (Å²) in [5, 5.41) is 7.69. The number of anilines is 1. The Morgan fingerprint density at radius 2 is 2.08 bits per heavy atom. The van der Waals surface area contributed by atoms with E-state index >= 15 is 0 Å². The van der Waals surface area contributed by atoms with Crippen molar-refractivity contribution in [3.8, 4) is 0 Å². The van der Waals surface area contributed by atoms with Gasteiger partial charge in [0, 0.05) is 37.8 Å². The van der Waals surface area contributed by atoms with Gasteiger partial charge in [-0.05, 0) is 26.0 Å². The predicted octanol–water partition coefficient (Wildman–Crippen LogP) is 2.70. The molecule has 1 aliphatic heterocycles. The average Bonchev–Trinajstić information content (AvgIpc) is 3.17. The zero-order valence-corrected chi connectivity index (χ0v) is 15.1. The number of aryl methyl sites for hydroxylation is 2. The summed E-state index contributed by atoms with van der Waals surface area (Å²) in [6.07, 6.45) is 0.321. The first-order valence-electron chi connectivity index (χ1n) is 8.43. The molecule has 8 heteroatoms. The summed E-state index contributed by atoms with van der Waals surface area (Å²) in [7, 11) is 3.68. The van der Waals surface area contributed by atoms with E-state index in [0.717, 1.165) is 17.0 Å². The first-order chi connectivity index (χ1) is 12.3. The molecule has 0 radical (unpaired) electrons. The molecule has 3 aromatic rings. The van der Waals surface area contributed by atoms with Gasteiger partial charge in [-0.2, -0.15) is 10.1 Å². The third-order valence-corrected chi connectivity index (χ3v) is 5.11. The number of hydrogen-bond acceptors (Lipinski definition) is 5. The summed E-state index contributed by atoms with van der Waals surface area (Å²) in [5.74, 6) is -0.329. The molecule has 1 aromatic carbocycles. The van der Waals surface area contributed by atoms with Crippen molar-refractivity contribution in [1.29, 1.82) is 0 Å². The number of halogens is 1. The minimum absolute atomic E-state index is 0.0392. The molecule has 1 amide bonds. The smallest absolute Gasteiger partial charge is 0.296 e. The highest BCUT2D eigenvalue weighted by atomic mass is 19.1. The molecule has 0 unspecified atom stereocenters. The van der Waals surface area contributed by atoms with Crippen molar-refractivity contribution < 1.29 is 13.6 Å². The molecule has 0 bridgehead atoms. The molecule has 7 nitrogen and oxygen atoms in total. The lowest BCUT2D eigenvalue weighted by Gasteiger charge is -2.25. The Hall–Kier alpha value is -2.90. The van der Waals surface area contributed by atoms with Crippen LogP contribution in [0, 0.1) is 19.7 Å². The maximum Gasteiger partial charge on any atom is 0.296 e. The number of aromatic nitrogens is 3. The zero-order chi connectivity index (χ0) is 18.6. The van der Waals surface area contributed by atoms with E-state index in [2.05, 4.69) is 15.4 Å². The second-order valence-corrected chi connectivity index (χ2v) is 6.74. The van der Waals surface area contributed by atoms with Crippen molar-refractivity contribution in [2.75, 3.05) is 12.4 Å². The summed E-state index contributed by atoms with van der Waals surface area (Å²) in [6.45, 7) is 3.93. The van der Waals surface area contributed by atoms with Crippen molar-refractivity contribution in [2.24, 2.45) is 7.05 Å². The van der Waals surface area contributed by atoms with E-state index in [1.165, 1.54) is 12.1 Å². The summed E-state index contributed by atoms with van der Waals surface area (Å²) < 4.78 is 20.9. The Kier molecular flexibility index (Phi) is 3.71. The van der Waals surface area contributed by atoms with Gasteiger partial charge in [0.25, 0.3) is 6.01 Å². The topological polar surface area (TPSA) is 76.2 Å². The third-order valence-electron chi connectivity index (χ3n) is 5.11. The normalized spacial score (nSPS) is 20.3. The minimum Gasteiger partial charge on any atom is -0.424 e. The van der Waals surface area contributed by atoms with Gasteiger partial charge in [-0.3, -0.25) is 9.48 Å². The molecule has 1 aliphatic rings. The van der Waals surface area contributed by atoms with Gasteiger partial charge >= 0.3 is 0 Å². The number of likely N-dealkylation sites (tertiary alicyclic amines) is 1. The van der Waals surface area contributed by atoms with Crippen LogP contribution in [0.2, 0.25) is 0 Å². The van der Waals surface area contributed by atoms with E-state index in [-0.39, 0.29) is 29.8 Å². The number of nitrogens with zero attached hydrogens (tertiary/aromatic N) is 4. The largest absolute Gasteiger partial charge is 0.424 e. The summed E-state index contributed by atoms with van der Waals surface area (Å²) in [6, 6.07) is 4.08. The van der Waals surface area contributed by atoms with Crippen LogP contribution in [0.25, 0.3) is 11.1 Å². The lowest BCUT2D eigenvalue weighted by atomic mass is 9.98. The number of benzene rings is 1. The molecule has 3 heterocycles. The first-order valence-corrected chi connectivity index (χ1v) is 8.43. The minimum atomic E-state index is -0.368. The molecule has 0 spiro atoms. The van der Waals surface area contributed by atoms with Gasteiger partial charge in [-0.25, -0.2) is 4.39 Å². The molecule has 2 atom stereocenters. The van der Waals surface area contributed by atoms with Gasteiger partial charge in [0.2, 0.25) is 5.91 Å². The van der Waals surface area contributed by atoms with Crippen molar-refractivity contribution in [3.63, 3.8) is 0 Å². The van der Waals surface area contributed by atoms with Crippen LogP contribution in [0.4, 0.5) is 10.4 Å². The second kappa shape index (κ2) is 5.82. The number of likely N-dealkylation sites (N-methyl/N-ethyl adjacent to an activating group) is 1. The van der Waals surface area contributed by atoms with Gasteiger partial charge < -0.3 is 14.6 Å². The van der Waals surface area contributed by atoms with Crippen molar-refractivity contribution >= 4 is 23.0 Å². The summed E-state index contributed by atoms with van der Waals surface area (Å²) in [5.41, 5.74) is 3.87. The van der Waals surface area contributed by atoms with Crippen molar-refractivity contribution in [3.05, 3.63) is 41.0 Å². The van der Waals surface area contributed by atoms with Gasteiger partial charge in [0.05, 0.1) is 17.8 Å². The summed E-state index contributed by atoms with van der Waals surface area (Å²) >= 11 is 0. The Morgan fingerprint density at radius 3 is 2.77 bits per heavy atom. The number of carbonyl (C=O) groups excluding carboxylic acids is 1. The lowest BCUT2D eigenvalue weighted by molar-refractivity contribution is -0.127. The molecule has 26 heavy (non-hydrogen) atoms. The molecule has 1 N–H and O–H groups in total. The quantitative estimate of drug-likeness (QED) is 0.780. The molecule has 4 rings (SSSR count). The van der Waals surface area contributed by atoms with E-state index in [4.69, 9.17) is 4.42 Å². The monoisotopic (exact) mass is 357 g/mol. The molecular weight excluding hydrogens is 337 g/mol. The maximum absolute atomic E-state index is 13.4. The fraction of sp³-hybridized carbons (Fsp3) is 0.389. The number of nitrogens with one attached hydrogen (secondary N) is 1. The lowest BCUT2D eigenvalue weighted by Crippen LogP contribution is -2.30. The van der Waals surface area contributed by atoms with Gasteiger partial charge in [0.15, 0.2) is 5.58 Å². The highest BCUT2D eigenvalue weighted by Gasteiger charge is 2.41. The highest BCUT2D eigenvalue weighted by Crippen LogP contribution is 2.37. The molecule has 136 valence electrons. The van der Waals surface area contributed by atoms with E-state index in [1.54, 1.807) is 18.0 Å². The SMILES string of the molecule is Cc1nn(C)c(C)c1[C@H]1[C@H](Nc2nc3cc(F)ccc3o2)CC(=O)N1C. The number of rotatable bonds is 3. The molecule has 1 fully saturated rings. The third kappa shape index (κ3) is 2.53. The Labute approximate surface area is 149 Å². The molecule has 1 saturated heterocycles. The van der Waals surface area contributed by atoms with Crippen LogP contribution in [-0.4, -0.2) is 38.7 Å². The number of oxazole rings is 1. The van der Waals surface area contributed by atoms with Crippen LogP contribution in [0.3, 0.4) is 0 Å². The molecule has 0 saturated carbocycles. The number of carbonyl (C=O) groups is 1. The van der Waals surface area contributed by atoms with Crippen LogP contribution in [-0.2, 0) is 11.8 Å². The maximum atomic E-state index is 13.4. The number of hydrogen-bond donors (Lipinski definition) is 1. The Bertz CT molecular complexity index is 1010. The molecule has 2 aromatic heterocycles. The molecular formula is C18H20FN5O2. The van der Waals surface area contributed by atoms with E-state index in [1.807, 2.05) is 25.6 Å². The standard InChI is InChI=1S/C18H20FN5O2/c1-9-16(10(2)24(4)22-9)17-13(8-15(25)23(17)3)21-18-20-12-7-11(19)5-6-14(12)26-18/h5-7,13,17H,8H2,1-4H3,(H,20,21)/t13-,17-/m1/s1.